The number of piperazine rings is 1. The van der Waals surface area contributed by atoms with Gasteiger partial charge in [0.1, 0.15) is 11.5 Å². The molecular weight excluding hydrogens is 576 g/mol. The molecule has 6 rings (SSSR count). The minimum Gasteiger partial charge on any atom is -0.495 e. The zero-order valence-corrected chi connectivity index (χ0v) is 26.5. The lowest BCUT2D eigenvalue weighted by atomic mass is 9.81. The number of piperidine rings is 1. The molecular formula is C33H40N6O4S. The number of benzene rings is 2. The minimum absolute atomic E-state index is 0.0606. The Morgan fingerprint density at radius 2 is 1.75 bits per heavy atom. The molecule has 3 aromatic rings. The first-order chi connectivity index (χ1) is 21.3. The van der Waals surface area contributed by atoms with Crippen LogP contribution in [-0.2, 0) is 15.6 Å². The number of nitrogens with zero attached hydrogens (tertiary/aromatic N) is 6. The van der Waals surface area contributed by atoms with Crippen LogP contribution in [0.2, 0.25) is 0 Å². The van der Waals surface area contributed by atoms with E-state index in [0.717, 1.165) is 63.2 Å². The molecule has 4 heterocycles. The van der Waals surface area contributed by atoms with Gasteiger partial charge in [-0.25, -0.2) is 4.98 Å². The summed E-state index contributed by atoms with van der Waals surface area (Å²) >= 11 is 0. The molecule has 11 heteroatoms. The highest BCUT2D eigenvalue weighted by molar-refractivity contribution is 7.92. The fourth-order valence-corrected chi connectivity index (χ4v) is 8.52. The Kier molecular flexibility index (Phi) is 8.53. The van der Waals surface area contributed by atoms with Crippen molar-refractivity contribution in [2.45, 2.75) is 36.4 Å². The summed E-state index contributed by atoms with van der Waals surface area (Å²) in [7, 11) is -0.370. The van der Waals surface area contributed by atoms with Crippen LogP contribution in [0.4, 0.5) is 5.69 Å². The lowest BCUT2D eigenvalue weighted by Crippen LogP contribution is -2.60. The SMILES string of the molecule is CCOc1ccccc1C1(N2CCN(C3CCN(C)CC3)CC2)CN(S(=O)(=O)c2ccc(OC)cn2)c2ccc(C#N)cc21. The topological polar surface area (TPSA) is 102 Å². The maximum absolute atomic E-state index is 14.3. The molecule has 1 unspecified atom stereocenters. The summed E-state index contributed by atoms with van der Waals surface area (Å²) in [6, 6.07) is 19.1. The summed E-state index contributed by atoms with van der Waals surface area (Å²) in [5.74, 6) is 1.19. The van der Waals surface area contributed by atoms with Gasteiger partial charge in [0.05, 0.1) is 49.3 Å². The van der Waals surface area contributed by atoms with Gasteiger partial charge in [0.15, 0.2) is 5.03 Å². The third kappa shape index (κ3) is 5.30. The molecule has 1 atom stereocenters. The zero-order chi connectivity index (χ0) is 30.9. The standard InChI is InChI=1S/C33H40N6O4S/c1-4-43-31-8-6-5-7-28(31)33(38-19-17-37(18-20-38)26-13-15-36(2)16-14-26)24-39(30-11-9-25(22-34)21-29(30)33)44(40,41)32-12-10-27(42-3)23-35-32/h5-12,21,23,26H,4,13-20,24H2,1-3H3. The molecule has 2 fully saturated rings. The molecule has 0 radical (unpaired) electrons. The average molecular weight is 617 g/mol. The molecule has 3 aliphatic rings. The summed E-state index contributed by atoms with van der Waals surface area (Å²) in [6.45, 7) is 8.02. The predicted octanol–water partition coefficient (Wildman–Crippen LogP) is 3.52. The fraction of sp³-hybridized carbons (Fsp3) is 0.455. The van der Waals surface area contributed by atoms with Crippen LogP contribution in [0.5, 0.6) is 11.5 Å². The maximum atomic E-state index is 14.3. The number of ether oxygens (including phenoxy) is 2. The molecule has 10 nitrogen and oxygen atoms in total. The number of hydrogen-bond acceptors (Lipinski definition) is 9. The largest absolute Gasteiger partial charge is 0.495 e. The number of para-hydroxylation sites is 1. The number of nitriles is 1. The number of anilines is 1. The van der Waals surface area contributed by atoms with Crippen molar-refractivity contribution in [3.63, 3.8) is 0 Å². The Labute approximate surface area is 260 Å². The number of fused-ring (bicyclic) bond motifs is 1. The molecule has 44 heavy (non-hydrogen) atoms. The first-order valence-corrected chi connectivity index (χ1v) is 16.7. The Morgan fingerprint density at radius 3 is 2.41 bits per heavy atom. The number of sulfonamides is 1. The van der Waals surface area contributed by atoms with Crippen molar-refractivity contribution in [1.29, 1.82) is 5.26 Å². The monoisotopic (exact) mass is 616 g/mol. The highest BCUT2D eigenvalue weighted by atomic mass is 32.2. The molecule has 0 spiro atoms. The molecule has 0 N–H and O–H groups in total. The second-order valence-corrected chi connectivity index (χ2v) is 13.5. The summed E-state index contributed by atoms with van der Waals surface area (Å²) in [4.78, 5) is 11.7. The van der Waals surface area contributed by atoms with Gasteiger partial charge in [-0.15, -0.1) is 0 Å². The molecule has 0 bridgehead atoms. The van der Waals surface area contributed by atoms with Crippen LogP contribution in [0.3, 0.4) is 0 Å². The van der Waals surface area contributed by atoms with E-state index in [1.165, 1.54) is 23.7 Å². The fourth-order valence-electron chi connectivity index (χ4n) is 7.09. The molecule has 0 amide bonds. The quantitative estimate of drug-likeness (QED) is 0.376. The van der Waals surface area contributed by atoms with Gasteiger partial charge in [-0.2, -0.15) is 13.7 Å². The highest BCUT2D eigenvalue weighted by Crippen LogP contribution is 2.52. The number of aromatic nitrogens is 1. The van der Waals surface area contributed by atoms with E-state index < -0.39 is 15.6 Å². The Bertz CT molecular complexity index is 1630. The van der Waals surface area contributed by atoms with E-state index in [1.807, 2.05) is 37.3 Å². The van der Waals surface area contributed by atoms with Gasteiger partial charge in [-0.05, 0) is 76.3 Å². The number of rotatable bonds is 8. The number of hydrogen-bond donors (Lipinski definition) is 0. The molecule has 1 aromatic heterocycles. The summed E-state index contributed by atoms with van der Waals surface area (Å²) in [6.07, 6.45) is 3.73. The lowest BCUT2D eigenvalue weighted by molar-refractivity contribution is 0.0249. The van der Waals surface area contributed by atoms with Crippen molar-refractivity contribution in [2.75, 3.05) is 70.9 Å². The molecule has 232 valence electrons. The zero-order valence-electron chi connectivity index (χ0n) is 25.6. The van der Waals surface area contributed by atoms with Crippen molar-refractivity contribution >= 4 is 15.7 Å². The van der Waals surface area contributed by atoms with Crippen LogP contribution >= 0.6 is 0 Å². The number of methoxy groups -OCH3 is 1. The van der Waals surface area contributed by atoms with Crippen molar-refractivity contribution in [1.82, 2.24) is 19.7 Å². The van der Waals surface area contributed by atoms with E-state index in [0.29, 0.717) is 35.4 Å². The maximum Gasteiger partial charge on any atom is 0.281 e. The normalized spacial score (nSPS) is 22.0. The number of likely N-dealkylation sites (tertiary alicyclic amines) is 1. The van der Waals surface area contributed by atoms with E-state index >= 15 is 0 Å². The second kappa shape index (κ2) is 12.4. The van der Waals surface area contributed by atoms with Gasteiger partial charge in [0, 0.05) is 43.3 Å². The third-order valence-corrected chi connectivity index (χ3v) is 11.1. The van der Waals surface area contributed by atoms with Gasteiger partial charge in [-0.3, -0.25) is 14.1 Å². The molecule has 2 saturated heterocycles. The molecule has 0 saturated carbocycles. The van der Waals surface area contributed by atoms with E-state index in [1.54, 1.807) is 18.2 Å². The van der Waals surface area contributed by atoms with Crippen molar-refractivity contribution in [3.8, 4) is 17.6 Å². The van der Waals surface area contributed by atoms with Crippen LogP contribution in [0.25, 0.3) is 0 Å². The minimum atomic E-state index is -4.07. The Hall–Kier alpha value is -3.69. The van der Waals surface area contributed by atoms with Crippen LogP contribution < -0.4 is 13.8 Å². The van der Waals surface area contributed by atoms with Gasteiger partial charge in [0.2, 0.25) is 0 Å². The van der Waals surface area contributed by atoms with Crippen LogP contribution in [0.1, 0.15) is 36.5 Å². The van der Waals surface area contributed by atoms with Crippen molar-refractivity contribution in [2.24, 2.45) is 0 Å². The van der Waals surface area contributed by atoms with Crippen LogP contribution in [0.15, 0.2) is 65.8 Å². The smallest absolute Gasteiger partial charge is 0.281 e. The molecule has 0 aliphatic carbocycles. The van der Waals surface area contributed by atoms with Gasteiger partial charge < -0.3 is 14.4 Å². The van der Waals surface area contributed by atoms with Crippen molar-refractivity contribution in [3.05, 3.63) is 77.5 Å². The molecule has 3 aliphatic heterocycles. The summed E-state index contributed by atoms with van der Waals surface area (Å²) < 4.78 is 41.6. The second-order valence-electron chi connectivity index (χ2n) is 11.7. The lowest BCUT2D eigenvalue weighted by Gasteiger charge is -2.49. The van der Waals surface area contributed by atoms with E-state index in [9.17, 15) is 13.7 Å². The third-order valence-electron chi connectivity index (χ3n) is 9.40. The van der Waals surface area contributed by atoms with Gasteiger partial charge in [0.25, 0.3) is 10.0 Å². The highest BCUT2D eigenvalue weighted by Gasteiger charge is 2.54. The summed E-state index contributed by atoms with van der Waals surface area (Å²) in [5.41, 5.74) is 1.83. The average Bonchev–Trinajstić information content (AvgIpc) is 3.42. The molecule has 2 aromatic carbocycles. The first kappa shape index (κ1) is 30.3. The van der Waals surface area contributed by atoms with Gasteiger partial charge >= 0.3 is 0 Å². The van der Waals surface area contributed by atoms with E-state index in [-0.39, 0.29) is 11.6 Å². The van der Waals surface area contributed by atoms with Crippen LogP contribution in [-0.4, -0.2) is 101 Å². The van der Waals surface area contributed by atoms with Crippen molar-refractivity contribution < 1.29 is 17.9 Å². The van der Waals surface area contributed by atoms with Crippen LogP contribution in [0, 0.1) is 11.3 Å². The summed E-state index contributed by atoms with van der Waals surface area (Å²) in [5, 5.41) is 9.90. The van der Waals surface area contributed by atoms with Gasteiger partial charge in [-0.1, -0.05) is 18.2 Å². The Morgan fingerprint density at radius 1 is 1.00 bits per heavy atom. The van der Waals surface area contributed by atoms with E-state index in [4.69, 9.17) is 9.47 Å². The van der Waals surface area contributed by atoms with E-state index in [2.05, 4.69) is 32.8 Å². The Balaban J connectivity index is 1.46. The number of pyridine rings is 1. The predicted molar refractivity (Wildman–Crippen MR) is 169 cm³/mol. The first-order valence-electron chi connectivity index (χ1n) is 15.3.